The Labute approximate surface area is 113 Å². The Balaban J connectivity index is 0.00000120. The van der Waals surface area contributed by atoms with E-state index in [9.17, 15) is 0 Å². The molecule has 1 nitrogen and oxygen atoms in total. The Kier molecular flexibility index (Phi) is 3.27. The average molecular weight is 258 g/mol. The Hall–Kier alpha value is -1.60. The van der Waals surface area contributed by atoms with Crippen molar-refractivity contribution in [2.75, 3.05) is 0 Å². The number of halogens is 1. The molecule has 2 aromatic carbocycles. The van der Waals surface area contributed by atoms with Crippen molar-refractivity contribution >= 4 is 21.8 Å². The molecular weight excluding hydrogens is 242 g/mol. The number of fused-ring (bicyclic) bond motifs is 2. The van der Waals surface area contributed by atoms with Crippen LogP contribution in [0.4, 0.5) is 0 Å². The summed E-state index contributed by atoms with van der Waals surface area (Å²) in [6, 6.07) is 15.2. The van der Waals surface area contributed by atoms with Gasteiger partial charge in [-0.3, -0.25) is 0 Å². The average Bonchev–Trinajstić information content (AvgIpc) is 2.35. The van der Waals surface area contributed by atoms with Crippen LogP contribution in [0.25, 0.3) is 21.8 Å². The number of para-hydroxylation sites is 1. The van der Waals surface area contributed by atoms with E-state index in [-0.39, 0.29) is 12.4 Å². The van der Waals surface area contributed by atoms with Gasteiger partial charge in [-0.1, -0.05) is 18.2 Å². The third-order valence-corrected chi connectivity index (χ3v) is 3.72. The third kappa shape index (κ3) is 1.75. The summed E-state index contributed by atoms with van der Waals surface area (Å²) >= 11 is 0. The van der Waals surface area contributed by atoms with Gasteiger partial charge in [0.05, 0.1) is 5.39 Å². The van der Waals surface area contributed by atoms with Crippen LogP contribution in [0.1, 0.15) is 11.1 Å². The maximum absolute atomic E-state index is 2.30. The molecule has 0 amide bonds. The lowest BCUT2D eigenvalue weighted by Gasteiger charge is -2.06. The van der Waals surface area contributed by atoms with Gasteiger partial charge in [0, 0.05) is 17.5 Å². The smallest absolute Gasteiger partial charge is 0.213 e. The molecule has 1 heterocycles. The van der Waals surface area contributed by atoms with Crippen LogP contribution < -0.4 is 17.0 Å². The second-order valence-electron chi connectivity index (χ2n) is 4.70. The van der Waals surface area contributed by atoms with E-state index < -0.39 is 0 Å². The molecule has 0 radical (unpaired) electrons. The normalized spacial score (nSPS) is 10.6. The van der Waals surface area contributed by atoms with Gasteiger partial charge < -0.3 is 12.4 Å². The lowest BCUT2D eigenvalue weighted by molar-refractivity contribution is -0.617. The summed E-state index contributed by atoms with van der Waals surface area (Å²) in [5, 5.41) is 2.66. The standard InChI is InChI=1S/C16H16N.ClH/c1-11-8-9-16-14(12(11)2)10-13-6-4-5-7-15(13)17(16)3;/h4-10H,1-3H3;1H/q+1;/p-1. The van der Waals surface area contributed by atoms with Gasteiger partial charge in [0.2, 0.25) is 11.0 Å². The molecule has 18 heavy (non-hydrogen) atoms. The number of aromatic nitrogens is 1. The zero-order chi connectivity index (χ0) is 12.0. The molecular formula is C16H16ClN. The van der Waals surface area contributed by atoms with Gasteiger partial charge in [0.1, 0.15) is 7.05 Å². The summed E-state index contributed by atoms with van der Waals surface area (Å²) in [4.78, 5) is 0. The predicted octanol–water partition coefficient (Wildman–Crippen LogP) is 0.438. The van der Waals surface area contributed by atoms with Gasteiger partial charge >= 0.3 is 0 Å². The van der Waals surface area contributed by atoms with Crippen molar-refractivity contribution in [3.05, 3.63) is 53.6 Å². The fourth-order valence-corrected chi connectivity index (χ4v) is 2.50. The minimum Gasteiger partial charge on any atom is -1.00 e. The number of benzene rings is 2. The molecule has 1 aromatic heterocycles. The quantitative estimate of drug-likeness (QED) is 0.407. The Morgan fingerprint density at radius 2 is 1.61 bits per heavy atom. The zero-order valence-corrected chi connectivity index (χ0v) is 11.6. The van der Waals surface area contributed by atoms with E-state index in [1.807, 2.05) is 0 Å². The summed E-state index contributed by atoms with van der Waals surface area (Å²) < 4.78 is 2.27. The number of rotatable bonds is 0. The van der Waals surface area contributed by atoms with Crippen molar-refractivity contribution in [2.45, 2.75) is 13.8 Å². The first-order valence-electron chi connectivity index (χ1n) is 5.96. The highest BCUT2D eigenvalue weighted by Crippen LogP contribution is 2.22. The molecule has 3 aromatic rings. The first-order chi connectivity index (χ1) is 8.18. The number of aryl methyl sites for hydroxylation is 3. The van der Waals surface area contributed by atoms with E-state index in [0.29, 0.717) is 0 Å². The first-order valence-corrected chi connectivity index (χ1v) is 5.96. The van der Waals surface area contributed by atoms with Crippen molar-refractivity contribution in [2.24, 2.45) is 7.05 Å². The van der Waals surface area contributed by atoms with Crippen LogP contribution >= 0.6 is 0 Å². The van der Waals surface area contributed by atoms with Crippen LogP contribution in [-0.2, 0) is 7.05 Å². The molecule has 0 aliphatic rings. The molecule has 0 saturated heterocycles. The highest BCUT2D eigenvalue weighted by Gasteiger charge is 2.12. The molecule has 92 valence electrons. The predicted molar refractivity (Wildman–Crippen MR) is 72.1 cm³/mol. The Bertz CT molecular complexity index is 732. The largest absolute Gasteiger partial charge is 1.00 e. The number of nitrogens with zero attached hydrogens (tertiary/aromatic N) is 1. The van der Waals surface area contributed by atoms with Crippen molar-refractivity contribution in [1.29, 1.82) is 0 Å². The molecule has 0 saturated carbocycles. The summed E-state index contributed by atoms with van der Waals surface area (Å²) in [6.45, 7) is 4.37. The molecule has 0 aliphatic heterocycles. The zero-order valence-electron chi connectivity index (χ0n) is 10.9. The fraction of sp³-hybridized carbons (Fsp3) is 0.188. The lowest BCUT2D eigenvalue weighted by atomic mass is 10.0. The van der Waals surface area contributed by atoms with Crippen LogP contribution in [0.5, 0.6) is 0 Å². The van der Waals surface area contributed by atoms with Crippen LogP contribution in [0.15, 0.2) is 42.5 Å². The SMILES string of the molecule is Cc1ccc2c(cc3ccccc3[n+]2C)c1C.[Cl-]. The monoisotopic (exact) mass is 257 g/mol. The van der Waals surface area contributed by atoms with E-state index in [1.54, 1.807) is 0 Å². The van der Waals surface area contributed by atoms with E-state index in [2.05, 4.69) is 67.9 Å². The molecule has 0 bridgehead atoms. The molecule has 0 spiro atoms. The van der Waals surface area contributed by atoms with Crippen LogP contribution in [0.3, 0.4) is 0 Å². The van der Waals surface area contributed by atoms with Gasteiger partial charge in [-0.25, -0.2) is 0 Å². The van der Waals surface area contributed by atoms with Crippen molar-refractivity contribution in [3.8, 4) is 0 Å². The number of hydrogen-bond donors (Lipinski definition) is 0. The van der Waals surface area contributed by atoms with Crippen LogP contribution in [-0.4, -0.2) is 0 Å². The van der Waals surface area contributed by atoms with Gasteiger partial charge in [-0.15, -0.1) is 0 Å². The van der Waals surface area contributed by atoms with Gasteiger partial charge in [0.25, 0.3) is 0 Å². The summed E-state index contributed by atoms with van der Waals surface area (Å²) in [5.41, 5.74) is 5.31. The van der Waals surface area contributed by atoms with Crippen molar-refractivity contribution < 1.29 is 17.0 Å². The lowest BCUT2D eigenvalue weighted by Crippen LogP contribution is -3.00. The first kappa shape index (κ1) is 12.8. The van der Waals surface area contributed by atoms with Crippen LogP contribution in [0.2, 0.25) is 0 Å². The van der Waals surface area contributed by atoms with E-state index >= 15 is 0 Å². The minimum absolute atomic E-state index is 0. The van der Waals surface area contributed by atoms with Crippen LogP contribution in [0, 0.1) is 13.8 Å². The number of pyridine rings is 1. The minimum atomic E-state index is 0. The second kappa shape index (κ2) is 4.58. The molecule has 0 unspecified atom stereocenters. The fourth-order valence-electron chi connectivity index (χ4n) is 2.50. The summed E-state index contributed by atoms with van der Waals surface area (Å²) in [7, 11) is 2.14. The van der Waals surface area contributed by atoms with Gasteiger partial charge in [-0.05, 0) is 37.1 Å². The third-order valence-electron chi connectivity index (χ3n) is 3.72. The molecule has 2 heteroatoms. The molecule has 0 fully saturated rings. The summed E-state index contributed by atoms with van der Waals surface area (Å²) in [5.74, 6) is 0. The molecule has 3 rings (SSSR count). The van der Waals surface area contributed by atoms with Gasteiger partial charge in [-0.2, -0.15) is 4.57 Å². The van der Waals surface area contributed by atoms with Crippen molar-refractivity contribution in [1.82, 2.24) is 0 Å². The van der Waals surface area contributed by atoms with E-state index in [0.717, 1.165) is 0 Å². The number of hydrogen-bond acceptors (Lipinski definition) is 0. The maximum atomic E-state index is 2.30. The second-order valence-corrected chi connectivity index (χ2v) is 4.70. The highest BCUT2D eigenvalue weighted by atomic mass is 35.5. The Morgan fingerprint density at radius 1 is 0.889 bits per heavy atom. The summed E-state index contributed by atoms with van der Waals surface area (Å²) in [6.07, 6.45) is 0. The molecule has 0 N–H and O–H groups in total. The van der Waals surface area contributed by atoms with Crippen molar-refractivity contribution in [3.63, 3.8) is 0 Å². The molecule has 0 aliphatic carbocycles. The van der Waals surface area contributed by atoms with E-state index in [4.69, 9.17) is 0 Å². The Morgan fingerprint density at radius 3 is 2.39 bits per heavy atom. The topological polar surface area (TPSA) is 3.88 Å². The van der Waals surface area contributed by atoms with Gasteiger partial charge in [0.15, 0.2) is 0 Å². The highest BCUT2D eigenvalue weighted by molar-refractivity contribution is 5.90. The maximum Gasteiger partial charge on any atom is 0.213 e. The molecule has 0 atom stereocenters. The van der Waals surface area contributed by atoms with E-state index in [1.165, 1.54) is 32.9 Å².